The monoisotopic (exact) mass is 340 g/mol. The van der Waals surface area contributed by atoms with Crippen LogP contribution >= 0.6 is 0 Å². The summed E-state index contributed by atoms with van der Waals surface area (Å²) in [5.41, 5.74) is 0.945. The number of rotatable bonds is 10. The van der Waals surface area contributed by atoms with Crippen molar-refractivity contribution in [3.05, 3.63) is 54.7 Å². The number of carbonyl (C=O) groups is 2. The maximum Gasteiger partial charge on any atom is 0.326 e. The van der Waals surface area contributed by atoms with E-state index in [1.54, 1.807) is 6.07 Å². The van der Waals surface area contributed by atoms with E-state index in [1.165, 1.54) is 0 Å². The number of para-hydroxylation sites is 1. The van der Waals surface area contributed by atoms with Gasteiger partial charge in [-0.25, -0.2) is 9.78 Å². The molecule has 0 fully saturated rings. The fourth-order valence-corrected chi connectivity index (χ4v) is 2.67. The lowest BCUT2D eigenvalue weighted by atomic mass is 10.1. The van der Waals surface area contributed by atoms with E-state index in [0.29, 0.717) is 11.9 Å². The first-order valence-corrected chi connectivity index (χ1v) is 8.62. The van der Waals surface area contributed by atoms with Crippen LogP contribution in [0.3, 0.4) is 0 Å². The molecule has 5 nitrogen and oxygen atoms in total. The summed E-state index contributed by atoms with van der Waals surface area (Å²) in [5, 5.41) is 12.9. The van der Waals surface area contributed by atoms with Crippen LogP contribution in [-0.2, 0) is 4.79 Å². The van der Waals surface area contributed by atoms with E-state index in [0.717, 1.165) is 37.5 Å². The topological polar surface area (TPSA) is 79.3 Å². The Balaban J connectivity index is 1.92. The van der Waals surface area contributed by atoms with Gasteiger partial charge in [-0.15, -0.1) is 6.58 Å². The molecule has 0 spiro atoms. The Morgan fingerprint density at radius 2 is 1.88 bits per heavy atom. The zero-order valence-corrected chi connectivity index (χ0v) is 14.3. The highest BCUT2D eigenvalue weighted by Crippen LogP contribution is 2.13. The third-order valence-electron chi connectivity index (χ3n) is 4.09. The van der Waals surface area contributed by atoms with Gasteiger partial charge in [0, 0.05) is 5.39 Å². The average Bonchev–Trinajstić information content (AvgIpc) is 2.62. The van der Waals surface area contributed by atoms with E-state index in [9.17, 15) is 14.7 Å². The van der Waals surface area contributed by atoms with Crippen molar-refractivity contribution in [2.45, 2.75) is 44.6 Å². The standard InChI is InChI=1S/C20H24N2O3/c1-2-3-4-5-6-7-12-18(20(24)25)22-19(23)17-14-13-15-10-8-9-11-16(15)21-17/h2,8-11,13-14,18H,1,3-7,12H2,(H,22,23)(H,24,25)/t18-/m1/s1. The Bertz CT molecular complexity index is 743. The molecule has 0 aliphatic rings. The minimum atomic E-state index is -1.01. The molecular formula is C20H24N2O3. The second-order valence-electron chi connectivity index (χ2n) is 6.03. The molecule has 1 amide bonds. The van der Waals surface area contributed by atoms with Crippen molar-refractivity contribution in [2.24, 2.45) is 0 Å². The summed E-state index contributed by atoms with van der Waals surface area (Å²) in [6.45, 7) is 3.68. The Morgan fingerprint density at radius 3 is 2.64 bits per heavy atom. The summed E-state index contributed by atoms with van der Waals surface area (Å²) in [5.74, 6) is -1.47. The molecule has 1 heterocycles. The van der Waals surface area contributed by atoms with E-state index >= 15 is 0 Å². The SMILES string of the molecule is C=CCCCCCC[C@@H](NC(=O)c1ccc2ccccc2n1)C(=O)O. The second-order valence-corrected chi connectivity index (χ2v) is 6.03. The van der Waals surface area contributed by atoms with Crippen LogP contribution in [-0.4, -0.2) is 28.0 Å². The van der Waals surface area contributed by atoms with Crippen LogP contribution in [0, 0.1) is 0 Å². The predicted molar refractivity (Wildman–Crippen MR) is 98.5 cm³/mol. The summed E-state index contributed by atoms with van der Waals surface area (Å²) >= 11 is 0. The van der Waals surface area contributed by atoms with Crippen LogP contribution in [0.5, 0.6) is 0 Å². The number of nitrogens with zero attached hydrogens (tertiary/aromatic N) is 1. The summed E-state index contributed by atoms with van der Waals surface area (Å²) in [6, 6.07) is 10.0. The Kier molecular flexibility index (Phi) is 7.14. The summed E-state index contributed by atoms with van der Waals surface area (Å²) in [7, 11) is 0. The smallest absolute Gasteiger partial charge is 0.326 e. The molecule has 2 N–H and O–H groups in total. The molecule has 0 saturated heterocycles. The molecule has 0 bridgehead atoms. The highest BCUT2D eigenvalue weighted by atomic mass is 16.4. The third-order valence-corrected chi connectivity index (χ3v) is 4.09. The number of carboxylic acid groups (broad SMARTS) is 1. The molecule has 0 saturated carbocycles. The Morgan fingerprint density at radius 1 is 1.12 bits per heavy atom. The summed E-state index contributed by atoms with van der Waals surface area (Å²) < 4.78 is 0. The number of aromatic nitrogens is 1. The minimum absolute atomic E-state index is 0.232. The molecule has 1 aromatic carbocycles. The van der Waals surface area contributed by atoms with E-state index in [1.807, 2.05) is 36.4 Å². The molecule has 25 heavy (non-hydrogen) atoms. The average molecular weight is 340 g/mol. The van der Waals surface area contributed by atoms with Gasteiger partial charge >= 0.3 is 5.97 Å². The number of carboxylic acids is 1. The second kappa shape index (κ2) is 9.57. The first kappa shape index (κ1) is 18.6. The molecule has 2 aromatic rings. The molecule has 1 atom stereocenters. The summed E-state index contributed by atoms with van der Waals surface area (Å²) in [6.07, 6.45) is 7.10. The number of benzene rings is 1. The number of fused-ring (bicyclic) bond motifs is 1. The summed E-state index contributed by atoms with van der Waals surface area (Å²) in [4.78, 5) is 28.0. The zero-order valence-electron chi connectivity index (χ0n) is 14.3. The fourth-order valence-electron chi connectivity index (χ4n) is 2.67. The van der Waals surface area contributed by atoms with Crippen molar-refractivity contribution in [1.29, 1.82) is 0 Å². The van der Waals surface area contributed by atoms with Crippen molar-refractivity contribution >= 4 is 22.8 Å². The third kappa shape index (κ3) is 5.71. The first-order chi connectivity index (χ1) is 12.1. The van der Waals surface area contributed by atoms with Crippen molar-refractivity contribution < 1.29 is 14.7 Å². The molecule has 0 unspecified atom stereocenters. The van der Waals surface area contributed by atoms with Gasteiger partial charge in [0.1, 0.15) is 11.7 Å². The number of amides is 1. The van der Waals surface area contributed by atoms with Gasteiger partial charge in [-0.2, -0.15) is 0 Å². The molecule has 0 aliphatic heterocycles. The first-order valence-electron chi connectivity index (χ1n) is 8.62. The minimum Gasteiger partial charge on any atom is -0.480 e. The number of unbranched alkanes of at least 4 members (excludes halogenated alkanes) is 4. The number of carbonyl (C=O) groups excluding carboxylic acids is 1. The highest BCUT2D eigenvalue weighted by molar-refractivity contribution is 5.96. The van der Waals surface area contributed by atoms with Crippen molar-refractivity contribution in [2.75, 3.05) is 0 Å². The lowest BCUT2D eigenvalue weighted by molar-refractivity contribution is -0.139. The van der Waals surface area contributed by atoms with Gasteiger partial charge in [0.15, 0.2) is 0 Å². The number of allylic oxidation sites excluding steroid dienone is 1. The number of pyridine rings is 1. The van der Waals surface area contributed by atoms with Crippen LogP contribution in [0.4, 0.5) is 0 Å². The van der Waals surface area contributed by atoms with E-state index in [-0.39, 0.29) is 5.69 Å². The maximum absolute atomic E-state index is 12.3. The van der Waals surface area contributed by atoms with Gasteiger partial charge in [0.25, 0.3) is 5.91 Å². The van der Waals surface area contributed by atoms with Gasteiger partial charge in [-0.3, -0.25) is 4.79 Å². The molecule has 5 heteroatoms. The zero-order chi connectivity index (χ0) is 18.1. The van der Waals surface area contributed by atoms with E-state index < -0.39 is 17.9 Å². The van der Waals surface area contributed by atoms with Gasteiger partial charge in [-0.05, 0) is 31.4 Å². The maximum atomic E-state index is 12.3. The molecule has 132 valence electrons. The number of nitrogens with one attached hydrogen (secondary N) is 1. The molecule has 2 rings (SSSR count). The Labute approximate surface area is 147 Å². The van der Waals surface area contributed by atoms with Crippen molar-refractivity contribution in [3.63, 3.8) is 0 Å². The predicted octanol–water partition coefficient (Wildman–Crippen LogP) is 3.94. The fraction of sp³-hybridized carbons (Fsp3) is 0.350. The van der Waals surface area contributed by atoms with Crippen LogP contribution < -0.4 is 5.32 Å². The quantitative estimate of drug-likeness (QED) is 0.507. The van der Waals surface area contributed by atoms with Gasteiger partial charge in [0.05, 0.1) is 5.52 Å². The lowest BCUT2D eigenvalue weighted by Crippen LogP contribution is -2.41. The van der Waals surface area contributed by atoms with Crippen LogP contribution in [0.1, 0.15) is 49.0 Å². The normalized spacial score (nSPS) is 11.8. The van der Waals surface area contributed by atoms with Gasteiger partial charge in [0.2, 0.25) is 0 Å². The number of hydrogen-bond donors (Lipinski definition) is 2. The highest BCUT2D eigenvalue weighted by Gasteiger charge is 2.20. The van der Waals surface area contributed by atoms with Crippen LogP contribution in [0.2, 0.25) is 0 Å². The van der Waals surface area contributed by atoms with Crippen LogP contribution in [0.25, 0.3) is 10.9 Å². The van der Waals surface area contributed by atoms with Gasteiger partial charge < -0.3 is 10.4 Å². The van der Waals surface area contributed by atoms with Crippen molar-refractivity contribution in [3.8, 4) is 0 Å². The van der Waals surface area contributed by atoms with Gasteiger partial charge in [-0.1, -0.05) is 49.6 Å². The van der Waals surface area contributed by atoms with Crippen LogP contribution in [0.15, 0.2) is 49.1 Å². The Hall–Kier alpha value is -2.69. The molecule has 0 aliphatic carbocycles. The molecule has 0 radical (unpaired) electrons. The van der Waals surface area contributed by atoms with E-state index in [2.05, 4.69) is 16.9 Å². The number of aliphatic carboxylic acids is 1. The van der Waals surface area contributed by atoms with Crippen molar-refractivity contribution in [1.82, 2.24) is 10.3 Å². The largest absolute Gasteiger partial charge is 0.480 e. The van der Waals surface area contributed by atoms with E-state index in [4.69, 9.17) is 0 Å². The lowest BCUT2D eigenvalue weighted by Gasteiger charge is -2.14. The molecule has 1 aromatic heterocycles. The molecular weight excluding hydrogens is 316 g/mol. The number of hydrogen-bond acceptors (Lipinski definition) is 3.